The Morgan fingerprint density at radius 1 is 1.45 bits per heavy atom. The molecule has 1 amide bonds. The molecule has 0 spiro atoms. The number of hydrogen-bond donors (Lipinski definition) is 3. The monoisotopic (exact) mass is 305 g/mol. The van der Waals surface area contributed by atoms with Crippen LogP contribution in [0.2, 0.25) is 0 Å². The Balaban J connectivity index is 2.06. The summed E-state index contributed by atoms with van der Waals surface area (Å²) in [5.41, 5.74) is 0.700. The van der Waals surface area contributed by atoms with Crippen LogP contribution in [0.1, 0.15) is 42.4 Å². The number of aromatic nitrogens is 2. The summed E-state index contributed by atoms with van der Waals surface area (Å²) >= 11 is 0. The van der Waals surface area contributed by atoms with Crippen molar-refractivity contribution in [3.63, 3.8) is 0 Å². The number of carbonyl (C=O) groups excluding carboxylic acids is 1. The molecule has 118 valence electrons. The van der Waals surface area contributed by atoms with Crippen molar-refractivity contribution in [3.8, 4) is 11.5 Å². The largest absolute Gasteiger partial charge is 0.480 e. The quantitative estimate of drug-likeness (QED) is 0.727. The molecule has 1 atom stereocenters. The third kappa shape index (κ3) is 3.75. The van der Waals surface area contributed by atoms with Crippen LogP contribution >= 0.6 is 0 Å². The summed E-state index contributed by atoms with van der Waals surface area (Å²) in [5, 5.41) is 18.2. The van der Waals surface area contributed by atoms with E-state index in [0.717, 1.165) is 18.6 Å². The second kappa shape index (κ2) is 6.93. The number of aryl methyl sites for hydroxylation is 1. The van der Waals surface area contributed by atoms with Crippen LogP contribution in [0.15, 0.2) is 22.6 Å². The lowest BCUT2D eigenvalue weighted by molar-refractivity contribution is -0.139. The minimum atomic E-state index is -1.04. The summed E-state index contributed by atoms with van der Waals surface area (Å²) in [4.78, 5) is 23.2. The Kier molecular flexibility index (Phi) is 4.98. The lowest BCUT2D eigenvalue weighted by Crippen LogP contribution is -2.40. The first kappa shape index (κ1) is 15.8. The van der Waals surface area contributed by atoms with E-state index in [2.05, 4.69) is 15.5 Å². The van der Waals surface area contributed by atoms with Gasteiger partial charge in [-0.25, -0.2) is 4.79 Å². The number of rotatable bonds is 7. The minimum Gasteiger partial charge on any atom is -0.480 e. The van der Waals surface area contributed by atoms with Crippen molar-refractivity contribution in [2.75, 3.05) is 0 Å². The maximum atomic E-state index is 12.1. The summed E-state index contributed by atoms with van der Waals surface area (Å²) in [6.07, 6.45) is 1.99. The van der Waals surface area contributed by atoms with Gasteiger partial charge in [0.1, 0.15) is 17.5 Å². The van der Waals surface area contributed by atoms with E-state index in [1.54, 1.807) is 12.1 Å². The highest BCUT2D eigenvalue weighted by Gasteiger charge is 2.21. The third-order valence-corrected chi connectivity index (χ3v) is 3.27. The van der Waals surface area contributed by atoms with Gasteiger partial charge in [0.2, 0.25) is 0 Å². The minimum absolute atomic E-state index is 0.131. The van der Waals surface area contributed by atoms with Crippen LogP contribution in [0.4, 0.5) is 0 Å². The molecule has 7 heteroatoms. The van der Waals surface area contributed by atoms with Gasteiger partial charge in [-0.3, -0.25) is 9.89 Å². The van der Waals surface area contributed by atoms with E-state index in [0.29, 0.717) is 17.9 Å². The fraction of sp³-hybridized carbons (Fsp3) is 0.400. The van der Waals surface area contributed by atoms with Gasteiger partial charge in [-0.1, -0.05) is 19.8 Å². The molecule has 0 aliphatic carbocycles. The zero-order valence-electron chi connectivity index (χ0n) is 12.5. The predicted molar refractivity (Wildman–Crippen MR) is 79.4 cm³/mol. The Hall–Kier alpha value is -2.57. The lowest BCUT2D eigenvalue weighted by atomic mass is 10.1. The topological polar surface area (TPSA) is 108 Å². The van der Waals surface area contributed by atoms with E-state index < -0.39 is 17.9 Å². The summed E-state index contributed by atoms with van der Waals surface area (Å²) in [6, 6.07) is 4.21. The molecule has 3 N–H and O–H groups in total. The Morgan fingerprint density at radius 3 is 2.82 bits per heavy atom. The molecule has 7 nitrogen and oxygen atoms in total. The zero-order valence-corrected chi connectivity index (χ0v) is 12.5. The Morgan fingerprint density at radius 2 is 2.23 bits per heavy atom. The van der Waals surface area contributed by atoms with Crippen LogP contribution in [-0.2, 0) is 4.79 Å². The van der Waals surface area contributed by atoms with Crippen LogP contribution < -0.4 is 5.32 Å². The fourth-order valence-electron chi connectivity index (χ4n) is 2.04. The number of carboxylic acid groups (broad SMARTS) is 1. The van der Waals surface area contributed by atoms with Crippen LogP contribution in [0.3, 0.4) is 0 Å². The summed E-state index contributed by atoms with van der Waals surface area (Å²) in [7, 11) is 0. The second-order valence-electron chi connectivity index (χ2n) is 5.08. The number of furan rings is 1. The van der Waals surface area contributed by atoms with Crippen LogP contribution in [0.25, 0.3) is 11.5 Å². The number of aromatic amines is 1. The molecular weight excluding hydrogens is 286 g/mol. The maximum Gasteiger partial charge on any atom is 0.326 e. The number of carbonyl (C=O) groups is 2. The van der Waals surface area contributed by atoms with Crippen LogP contribution in [0.5, 0.6) is 0 Å². The van der Waals surface area contributed by atoms with Crippen molar-refractivity contribution in [3.05, 3.63) is 29.7 Å². The number of hydrogen-bond acceptors (Lipinski definition) is 4. The molecule has 0 aromatic carbocycles. The molecule has 0 saturated carbocycles. The standard InChI is InChI=1S/C15H19N3O4/c1-3-4-5-10(15(20)21)16-14(19)12-8-11(17-18-12)13-7-6-9(2)22-13/h6-8,10H,3-5H2,1-2H3,(H,16,19)(H,17,18)(H,20,21). The van der Waals surface area contributed by atoms with Gasteiger partial charge in [-0.15, -0.1) is 0 Å². The van der Waals surface area contributed by atoms with Crippen molar-refractivity contribution < 1.29 is 19.1 Å². The van der Waals surface area contributed by atoms with Gasteiger partial charge in [0.05, 0.1) is 0 Å². The molecule has 0 saturated heterocycles. The molecule has 1 unspecified atom stereocenters. The molecule has 0 aliphatic rings. The molecular formula is C15H19N3O4. The van der Waals surface area contributed by atoms with Crippen molar-refractivity contribution in [2.24, 2.45) is 0 Å². The predicted octanol–water partition coefficient (Wildman–Crippen LogP) is 2.35. The van der Waals surface area contributed by atoms with Gasteiger partial charge < -0.3 is 14.8 Å². The van der Waals surface area contributed by atoms with Gasteiger partial charge in [0.15, 0.2) is 11.5 Å². The molecule has 2 rings (SSSR count). The average molecular weight is 305 g/mol. The van der Waals surface area contributed by atoms with E-state index >= 15 is 0 Å². The number of nitrogens with one attached hydrogen (secondary N) is 2. The zero-order chi connectivity index (χ0) is 16.1. The van der Waals surface area contributed by atoms with Gasteiger partial charge in [0.25, 0.3) is 5.91 Å². The molecule has 0 aliphatic heterocycles. The average Bonchev–Trinajstić information content (AvgIpc) is 3.11. The maximum absolute atomic E-state index is 12.1. The van der Waals surface area contributed by atoms with Crippen LogP contribution in [-0.4, -0.2) is 33.2 Å². The molecule has 22 heavy (non-hydrogen) atoms. The first-order valence-corrected chi connectivity index (χ1v) is 7.17. The highest BCUT2D eigenvalue weighted by molar-refractivity contribution is 5.95. The third-order valence-electron chi connectivity index (χ3n) is 3.27. The smallest absolute Gasteiger partial charge is 0.326 e. The van der Waals surface area contributed by atoms with Gasteiger partial charge >= 0.3 is 5.97 Å². The summed E-state index contributed by atoms with van der Waals surface area (Å²) in [5.74, 6) is -0.237. The highest BCUT2D eigenvalue weighted by atomic mass is 16.4. The lowest BCUT2D eigenvalue weighted by Gasteiger charge is -2.12. The van der Waals surface area contributed by atoms with Gasteiger partial charge in [-0.05, 0) is 25.5 Å². The Bertz CT molecular complexity index is 659. The van der Waals surface area contributed by atoms with Crippen LogP contribution in [0, 0.1) is 6.92 Å². The molecule has 2 aromatic rings. The number of H-pyrrole nitrogens is 1. The van der Waals surface area contributed by atoms with E-state index in [4.69, 9.17) is 9.52 Å². The number of amides is 1. The normalized spacial score (nSPS) is 12.1. The second-order valence-corrected chi connectivity index (χ2v) is 5.08. The Labute approximate surface area is 127 Å². The molecule has 0 radical (unpaired) electrons. The molecule has 2 aromatic heterocycles. The number of unbranched alkanes of at least 4 members (excludes halogenated alkanes) is 1. The SMILES string of the molecule is CCCCC(NC(=O)c1cc(-c2ccc(C)o2)[nH]n1)C(=O)O. The van der Waals surface area contributed by atoms with Gasteiger partial charge in [0, 0.05) is 6.07 Å². The summed E-state index contributed by atoms with van der Waals surface area (Å²) < 4.78 is 5.44. The number of nitrogens with zero attached hydrogens (tertiary/aromatic N) is 1. The highest BCUT2D eigenvalue weighted by Crippen LogP contribution is 2.20. The van der Waals surface area contributed by atoms with E-state index in [9.17, 15) is 9.59 Å². The van der Waals surface area contributed by atoms with Crippen molar-refractivity contribution in [2.45, 2.75) is 39.2 Å². The van der Waals surface area contributed by atoms with E-state index in [-0.39, 0.29) is 5.69 Å². The first-order chi connectivity index (χ1) is 10.5. The number of carboxylic acids is 1. The first-order valence-electron chi connectivity index (χ1n) is 7.17. The fourth-order valence-corrected chi connectivity index (χ4v) is 2.04. The van der Waals surface area contributed by atoms with E-state index in [1.807, 2.05) is 13.8 Å². The molecule has 0 fully saturated rings. The van der Waals surface area contributed by atoms with Gasteiger partial charge in [-0.2, -0.15) is 5.10 Å². The van der Waals surface area contributed by atoms with Crippen molar-refractivity contribution in [1.29, 1.82) is 0 Å². The van der Waals surface area contributed by atoms with Crippen molar-refractivity contribution in [1.82, 2.24) is 15.5 Å². The van der Waals surface area contributed by atoms with E-state index in [1.165, 1.54) is 6.07 Å². The molecule has 2 heterocycles. The summed E-state index contributed by atoms with van der Waals surface area (Å²) in [6.45, 7) is 3.78. The number of aliphatic carboxylic acids is 1. The molecule has 0 bridgehead atoms. The van der Waals surface area contributed by atoms with Crippen molar-refractivity contribution >= 4 is 11.9 Å².